The van der Waals surface area contributed by atoms with E-state index in [4.69, 9.17) is 39.0 Å². The number of hydrogen-bond donors (Lipinski definition) is 3. The van der Waals surface area contributed by atoms with Gasteiger partial charge in [-0.3, -0.25) is 0 Å². The Hall–Kier alpha value is -2.31. The number of para-hydroxylation sites is 1. The Bertz CT molecular complexity index is 722. The van der Waals surface area contributed by atoms with Crippen molar-refractivity contribution >= 4 is 35.1 Å². The SMILES string of the molecule is COc1cccc(C=[NH+]NC(N)=S)c1OCc1cccc(Cl)c1. The quantitative estimate of drug-likeness (QED) is 0.414. The van der Waals surface area contributed by atoms with E-state index in [1.54, 1.807) is 13.3 Å². The van der Waals surface area contributed by atoms with Crippen molar-refractivity contribution in [3.63, 3.8) is 0 Å². The van der Waals surface area contributed by atoms with E-state index < -0.39 is 0 Å². The van der Waals surface area contributed by atoms with Crippen LogP contribution in [0.25, 0.3) is 0 Å². The zero-order chi connectivity index (χ0) is 16.7. The maximum atomic E-state index is 5.99. The Labute approximate surface area is 145 Å². The summed E-state index contributed by atoms with van der Waals surface area (Å²) in [5.74, 6) is 1.23. The van der Waals surface area contributed by atoms with Crippen molar-refractivity contribution in [2.45, 2.75) is 6.61 Å². The maximum Gasteiger partial charge on any atom is 0.221 e. The number of nitrogens with one attached hydrogen (secondary N) is 2. The third-order valence-corrected chi connectivity index (χ3v) is 3.26. The lowest BCUT2D eigenvalue weighted by Gasteiger charge is -2.12. The summed E-state index contributed by atoms with van der Waals surface area (Å²) in [7, 11) is 1.59. The van der Waals surface area contributed by atoms with Crippen LogP contribution in [-0.4, -0.2) is 18.4 Å². The van der Waals surface area contributed by atoms with Gasteiger partial charge in [0.25, 0.3) is 0 Å². The normalized spacial score (nSPS) is 10.5. The number of ether oxygens (including phenoxy) is 2. The highest BCUT2D eigenvalue weighted by Gasteiger charge is 2.11. The van der Waals surface area contributed by atoms with Crippen molar-refractivity contribution in [2.75, 3.05) is 7.11 Å². The fourth-order valence-electron chi connectivity index (χ4n) is 1.93. The van der Waals surface area contributed by atoms with Gasteiger partial charge in [0.15, 0.2) is 11.5 Å². The zero-order valence-electron chi connectivity index (χ0n) is 12.5. The Kier molecular flexibility index (Phi) is 6.19. The molecule has 0 aliphatic carbocycles. The van der Waals surface area contributed by atoms with Crippen LogP contribution < -0.4 is 25.7 Å². The van der Waals surface area contributed by atoms with Crippen LogP contribution in [0.5, 0.6) is 11.5 Å². The van der Waals surface area contributed by atoms with E-state index >= 15 is 0 Å². The van der Waals surface area contributed by atoms with Crippen LogP contribution >= 0.6 is 23.8 Å². The predicted molar refractivity (Wildman–Crippen MR) is 94.8 cm³/mol. The second-order valence-electron chi connectivity index (χ2n) is 4.58. The lowest BCUT2D eigenvalue weighted by molar-refractivity contribution is -0.499. The largest absolute Gasteiger partial charge is 0.493 e. The molecule has 0 saturated heterocycles. The monoisotopic (exact) mass is 350 g/mol. The summed E-state index contributed by atoms with van der Waals surface area (Å²) in [4.78, 5) is 0. The molecule has 0 aliphatic rings. The Morgan fingerprint density at radius 2 is 2.13 bits per heavy atom. The third kappa shape index (κ3) is 5.12. The summed E-state index contributed by atoms with van der Waals surface area (Å²) in [5, 5.41) is 3.61. The first-order valence-electron chi connectivity index (χ1n) is 6.78. The fraction of sp³-hybridized carbons (Fsp3) is 0.125. The van der Waals surface area contributed by atoms with Gasteiger partial charge < -0.3 is 15.2 Å². The Morgan fingerprint density at radius 3 is 2.83 bits per heavy atom. The topological polar surface area (TPSA) is 70.5 Å². The summed E-state index contributed by atoms with van der Waals surface area (Å²) in [6, 6.07) is 13.1. The van der Waals surface area contributed by atoms with E-state index in [9.17, 15) is 0 Å². The number of thiocarbonyl (C=S) groups is 1. The van der Waals surface area contributed by atoms with Crippen LogP contribution in [0.1, 0.15) is 11.1 Å². The minimum atomic E-state index is 0.144. The molecule has 0 heterocycles. The molecular weight excluding hydrogens is 334 g/mol. The molecule has 0 radical (unpaired) electrons. The van der Waals surface area contributed by atoms with Gasteiger partial charge in [-0.25, -0.2) is 0 Å². The first-order chi connectivity index (χ1) is 11.1. The molecule has 5 nitrogen and oxygen atoms in total. The molecule has 0 aliphatic heterocycles. The molecule has 4 N–H and O–H groups in total. The van der Waals surface area contributed by atoms with Gasteiger partial charge in [-0.1, -0.05) is 29.8 Å². The molecule has 7 heteroatoms. The van der Waals surface area contributed by atoms with Gasteiger partial charge in [-0.05, 0) is 42.0 Å². The molecule has 0 aromatic heterocycles. The van der Waals surface area contributed by atoms with Gasteiger partial charge in [0.05, 0.1) is 12.7 Å². The van der Waals surface area contributed by atoms with Crippen LogP contribution in [0.4, 0.5) is 0 Å². The number of halogens is 1. The van der Waals surface area contributed by atoms with E-state index in [2.05, 4.69) is 10.5 Å². The molecule has 0 bridgehead atoms. The first kappa shape index (κ1) is 17.1. The summed E-state index contributed by atoms with van der Waals surface area (Å²) in [5.41, 5.74) is 9.75. The highest BCUT2D eigenvalue weighted by atomic mass is 35.5. The minimum Gasteiger partial charge on any atom is -0.493 e. The molecule has 0 unspecified atom stereocenters. The van der Waals surface area contributed by atoms with E-state index in [0.29, 0.717) is 23.1 Å². The molecule has 0 atom stereocenters. The summed E-state index contributed by atoms with van der Waals surface area (Å²) in [6.07, 6.45) is 1.69. The number of rotatable bonds is 6. The van der Waals surface area contributed by atoms with Crippen molar-refractivity contribution < 1.29 is 14.6 Å². The highest BCUT2D eigenvalue weighted by molar-refractivity contribution is 7.80. The number of methoxy groups -OCH3 is 1. The molecular formula is C16H17ClN3O2S+. The van der Waals surface area contributed by atoms with E-state index in [0.717, 1.165) is 11.1 Å². The molecule has 0 amide bonds. The van der Waals surface area contributed by atoms with Crippen LogP contribution in [0.2, 0.25) is 5.02 Å². The zero-order valence-corrected chi connectivity index (χ0v) is 14.1. The van der Waals surface area contributed by atoms with Crippen LogP contribution in [-0.2, 0) is 6.61 Å². The van der Waals surface area contributed by atoms with Crippen molar-refractivity contribution in [1.29, 1.82) is 0 Å². The van der Waals surface area contributed by atoms with Gasteiger partial charge in [-0.2, -0.15) is 0 Å². The predicted octanol–water partition coefficient (Wildman–Crippen LogP) is 1.18. The molecule has 0 spiro atoms. The standard InChI is InChI=1S/C16H16ClN3O2S/c1-21-14-7-3-5-12(9-19-20-16(18)23)15(14)22-10-11-4-2-6-13(17)8-11/h2-9H,10H2,1H3,(H3,18,20,23)/p+1. The van der Waals surface area contributed by atoms with Crippen molar-refractivity contribution in [3.8, 4) is 11.5 Å². The number of benzene rings is 2. The lowest BCUT2D eigenvalue weighted by atomic mass is 10.2. The smallest absolute Gasteiger partial charge is 0.221 e. The lowest BCUT2D eigenvalue weighted by Crippen LogP contribution is -2.82. The van der Waals surface area contributed by atoms with Crippen LogP contribution in [0, 0.1) is 0 Å². The van der Waals surface area contributed by atoms with Crippen molar-refractivity contribution in [2.24, 2.45) is 5.73 Å². The second-order valence-corrected chi connectivity index (χ2v) is 5.45. The fourth-order valence-corrected chi connectivity index (χ4v) is 2.20. The number of nitrogens with two attached hydrogens (primary N) is 1. The summed E-state index contributed by atoms with van der Waals surface area (Å²) >= 11 is 10.7. The Balaban J connectivity index is 2.21. The van der Waals surface area contributed by atoms with Gasteiger partial charge >= 0.3 is 0 Å². The maximum absolute atomic E-state index is 5.99. The van der Waals surface area contributed by atoms with Gasteiger partial charge in [0.2, 0.25) is 11.3 Å². The summed E-state index contributed by atoms with van der Waals surface area (Å²) in [6.45, 7) is 0.366. The number of hydrazone groups is 1. The van der Waals surface area contributed by atoms with E-state index in [-0.39, 0.29) is 5.11 Å². The van der Waals surface area contributed by atoms with Gasteiger partial charge in [-0.15, -0.1) is 10.5 Å². The van der Waals surface area contributed by atoms with Crippen molar-refractivity contribution in [3.05, 3.63) is 58.6 Å². The van der Waals surface area contributed by atoms with Crippen LogP contribution in [0.3, 0.4) is 0 Å². The van der Waals surface area contributed by atoms with E-state index in [1.165, 1.54) is 0 Å². The van der Waals surface area contributed by atoms with Gasteiger partial charge in [0, 0.05) is 5.02 Å². The number of hydrazine groups is 1. The molecule has 2 aromatic rings. The molecule has 0 fully saturated rings. The van der Waals surface area contributed by atoms with Crippen molar-refractivity contribution in [1.82, 2.24) is 5.43 Å². The highest BCUT2D eigenvalue weighted by Crippen LogP contribution is 2.30. The average molecular weight is 351 g/mol. The van der Waals surface area contributed by atoms with Gasteiger partial charge in [0.1, 0.15) is 6.61 Å². The molecule has 0 saturated carbocycles. The second kappa shape index (κ2) is 8.36. The van der Waals surface area contributed by atoms with E-state index in [1.807, 2.05) is 42.5 Å². The molecule has 2 aromatic carbocycles. The third-order valence-electron chi connectivity index (χ3n) is 2.92. The molecule has 120 valence electrons. The van der Waals surface area contributed by atoms with Crippen LogP contribution in [0.15, 0.2) is 42.5 Å². The first-order valence-corrected chi connectivity index (χ1v) is 7.57. The Morgan fingerprint density at radius 1 is 1.35 bits per heavy atom. The molecule has 2 rings (SSSR count). The number of hydrogen-bond acceptors (Lipinski definition) is 3. The molecule has 23 heavy (non-hydrogen) atoms. The average Bonchev–Trinajstić information content (AvgIpc) is 2.53. The minimum absolute atomic E-state index is 0.144. The summed E-state index contributed by atoms with van der Waals surface area (Å²) < 4.78 is 11.3.